The zero-order valence-electron chi connectivity index (χ0n) is 28.8. The molecule has 4 aromatic heterocycles. The molecule has 54 heavy (non-hydrogen) atoms. The number of benzene rings is 8. The van der Waals surface area contributed by atoms with Crippen LogP contribution in [0.15, 0.2) is 170 Å². The van der Waals surface area contributed by atoms with Gasteiger partial charge in [-0.25, -0.2) is 4.98 Å². The maximum Gasteiger partial charge on any atom is 0.126 e. The Kier molecular flexibility index (Phi) is 6.58. The van der Waals surface area contributed by atoms with E-state index in [2.05, 4.69) is 174 Å². The summed E-state index contributed by atoms with van der Waals surface area (Å²) in [4.78, 5) is 5.11. The Labute approximate surface area is 322 Å². The minimum Gasteiger partial charge on any atom is -0.309 e. The van der Waals surface area contributed by atoms with E-state index in [-0.39, 0.29) is 0 Å². The highest BCUT2D eigenvalue weighted by Crippen LogP contribution is 2.43. The zero-order valence-corrected chi connectivity index (χ0v) is 31.2. The Morgan fingerprint density at radius 1 is 0.352 bits per heavy atom. The van der Waals surface area contributed by atoms with Crippen LogP contribution < -0.4 is 0 Å². The van der Waals surface area contributed by atoms with Gasteiger partial charge in [-0.05, 0) is 107 Å². The molecule has 5 heteroatoms. The lowest BCUT2D eigenvalue weighted by molar-refractivity contribution is 1.18. The van der Waals surface area contributed by atoms with E-state index < -0.39 is 0 Å². The molecule has 0 saturated carbocycles. The maximum atomic E-state index is 5.11. The smallest absolute Gasteiger partial charge is 0.126 e. The van der Waals surface area contributed by atoms with Crippen LogP contribution in [0, 0.1) is 0 Å². The molecule has 2 nitrogen and oxygen atoms in total. The number of hydrogen-bond acceptors (Lipinski definition) is 4. The molecule has 0 atom stereocenters. The molecule has 0 bridgehead atoms. The number of para-hydroxylation sites is 2. The molecule has 0 aliphatic rings. The van der Waals surface area contributed by atoms with Crippen LogP contribution in [0.1, 0.15) is 0 Å². The minimum atomic E-state index is 1.03. The van der Waals surface area contributed by atoms with E-state index >= 15 is 0 Å². The summed E-state index contributed by atoms with van der Waals surface area (Å²) in [7, 11) is 0. The minimum absolute atomic E-state index is 1.03. The van der Waals surface area contributed by atoms with E-state index in [1.54, 1.807) is 11.3 Å². The average molecular weight is 741 g/mol. The molecule has 0 N–H and O–H groups in total. The van der Waals surface area contributed by atoms with E-state index in [4.69, 9.17) is 4.98 Å². The molecule has 4 heterocycles. The third kappa shape index (κ3) is 4.59. The fourth-order valence-corrected chi connectivity index (χ4v) is 11.5. The lowest BCUT2D eigenvalue weighted by Gasteiger charge is -2.13. The summed E-state index contributed by atoms with van der Waals surface area (Å²) in [6, 6.07) is 62.6. The van der Waals surface area contributed by atoms with Gasteiger partial charge in [-0.2, -0.15) is 0 Å². The number of thiophene rings is 2. The Hall–Kier alpha value is -6.11. The first-order valence-electron chi connectivity index (χ1n) is 18.1. The highest BCUT2D eigenvalue weighted by molar-refractivity contribution is 7.26. The predicted octanol–water partition coefficient (Wildman–Crippen LogP) is 15.1. The van der Waals surface area contributed by atoms with Gasteiger partial charge in [0.05, 0.1) is 26.9 Å². The molecule has 0 aliphatic heterocycles. The summed E-state index contributed by atoms with van der Waals surface area (Å²) >= 11 is 5.49. The van der Waals surface area contributed by atoms with Gasteiger partial charge >= 0.3 is 0 Å². The van der Waals surface area contributed by atoms with Gasteiger partial charge in [0, 0.05) is 56.7 Å². The highest BCUT2D eigenvalue weighted by Gasteiger charge is 2.19. The number of fused-ring (bicyclic) bond motifs is 10. The van der Waals surface area contributed by atoms with E-state index in [0.717, 1.165) is 21.8 Å². The number of hydrogen-bond donors (Lipinski definition) is 0. The van der Waals surface area contributed by atoms with Crippen molar-refractivity contribution in [2.24, 2.45) is 0 Å². The summed E-state index contributed by atoms with van der Waals surface area (Å²) in [5.74, 6) is 0. The summed E-state index contributed by atoms with van der Waals surface area (Å²) in [6.07, 6.45) is 0. The molecule has 0 fully saturated rings. The maximum absolute atomic E-state index is 5.11. The Morgan fingerprint density at radius 2 is 0.815 bits per heavy atom. The van der Waals surface area contributed by atoms with Crippen LogP contribution >= 0.6 is 34.0 Å². The molecule has 0 spiro atoms. The second-order valence-electron chi connectivity index (χ2n) is 13.9. The van der Waals surface area contributed by atoms with Crippen molar-refractivity contribution in [3.05, 3.63) is 170 Å². The fourth-order valence-electron chi connectivity index (χ4n) is 8.29. The number of rotatable bonds is 4. The van der Waals surface area contributed by atoms with Gasteiger partial charge in [-0.1, -0.05) is 84.9 Å². The summed E-state index contributed by atoms with van der Waals surface area (Å²) in [6.45, 7) is 0. The molecular weight excluding hydrogens is 713 g/mol. The van der Waals surface area contributed by atoms with Crippen LogP contribution in [0.2, 0.25) is 0 Å². The molecule has 0 radical (unpaired) electrons. The third-order valence-electron chi connectivity index (χ3n) is 10.9. The van der Waals surface area contributed by atoms with Crippen LogP contribution in [0.25, 0.3) is 111 Å². The monoisotopic (exact) mass is 740 g/mol. The van der Waals surface area contributed by atoms with Gasteiger partial charge < -0.3 is 4.57 Å². The van der Waals surface area contributed by atoms with E-state index in [9.17, 15) is 0 Å². The lowest BCUT2D eigenvalue weighted by Crippen LogP contribution is -1.97. The SMILES string of the molecule is c1ccc(-n2c3ccc(-c4ccc5sc6ccccc6c5c4)cc3c3cc(-c4ccc5sc6ccccc6c5c4)ccc32)c(-c2nc3ccccc3s2)c1. The number of aromatic nitrogens is 2. The largest absolute Gasteiger partial charge is 0.309 e. The van der Waals surface area contributed by atoms with Gasteiger partial charge in [-0.3, -0.25) is 0 Å². The molecule has 0 unspecified atom stereocenters. The summed E-state index contributed by atoms with van der Waals surface area (Å²) in [5, 5.41) is 8.79. The topological polar surface area (TPSA) is 17.8 Å². The zero-order chi connectivity index (χ0) is 35.3. The number of nitrogens with zero attached hydrogens (tertiary/aromatic N) is 2. The molecule has 0 aliphatic carbocycles. The number of thiazole rings is 1. The van der Waals surface area contributed by atoms with Crippen molar-refractivity contribution in [2.45, 2.75) is 0 Å². The second-order valence-corrected chi connectivity index (χ2v) is 17.1. The van der Waals surface area contributed by atoms with Gasteiger partial charge in [-0.15, -0.1) is 34.0 Å². The van der Waals surface area contributed by atoms with Gasteiger partial charge in [0.15, 0.2) is 0 Å². The summed E-state index contributed by atoms with van der Waals surface area (Å²) in [5.41, 5.74) is 10.6. The van der Waals surface area contributed by atoms with Crippen molar-refractivity contribution >= 4 is 106 Å². The fraction of sp³-hybridized carbons (Fsp3) is 0. The van der Waals surface area contributed by atoms with Crippen molar-refractivity contribution in [1.82, 2.24) is 9.55 Å². The highest BCUT2D eigenvalue weighted by atomic mass is 32.1. The van der Waals surface area contributed by atoms with Gasteiger partial charge in [0.1, 0.15) is 5.01 Å². The Morgan fingerprint density at radius 3 is 1.41 bits per heavy atom. The van der Waals surface area contributed by atoms with E-state index in [1.165, 1.54) is 89.1 Å². The molecule has 0 saturated heterocycles. The lowest BCUT2D eigenvalue weighted by atomic mass is 9.98. The van der Waals surface area contributed by atoms with Gasteiger partial charge in [0.2, 0.25) is 0 Å². The first-order valence-corrected chi connectivity index (χ1v) is 20.6. The van der Waals surface area contributed by atoms with Crippen molar-refractivity contribution in [1.29, 1.82) is 0 Å². The normalized spacial score (nSPS) is 12.1. The van der Waals surface area contributed by atoms with Crippen LogP contribution in [0.3, 0.4) is 0 Å². The molecule has 8 aromatic carbocycles. The van der Waals surface area contributed by atoms with Crippen LogP contribution in [-0.4, -0.2) is 9.55 Å². The van der Waals surface area contributed by atoms with E-state index in [1.807, 2.05) is 22.7 Å². The Bertz CT molecular complexity index is 3260. The molecular formula is C49H28N2S3. The quantitative estimate of drug-likeness (QED) is 0.176. The first kappa shape index (κ1) is 30.4. The van der Waals surface area contributed by atoms with Crippen molar-refractivity contribution in [2.75, 3.05) is 0 Å². The predicted molar refractivity (Wildman–Crippen MR) is 236 cm³/mol. The Balaban J connectivity index is 1.10. The second kappa shape index (κ2) is 11.7. The standard InChI is InChI=1S/C49H28N2S3/c1-5-13-41(35(11-1)49-50-40-12-4-8-16-48(40)54-49)51-42-21-17-29(31-19-23-46-38(27-31)33-9-2-6-14-44(33)52-46)25-36(42)37-26-30(18-22-43(37)51)32-20-24-47-39(28-32)34-10-3-7-15-45(34)53-47/h1-28H. The molecule has 12 aromatic rings. The van der Waals surface area contributed by atoms with Crippen molar-refractivity contribution in [3.8, 4) is 38.5 Å². The molecule has 12 rings (SSSR count). The third-order valence-corrected chi connectivity index (χ3v) is 14.2. The first-order chi connectivity index (χ1) is 26.7. The molecule has 0 amide bonds. The van der Waals surface area contributed by atoms with Crippen molar-refractivity contribution < 1.29 is 0 Å². The van der Waals surface area contributed by atoms with Crippen molar-refractivity contribution in [3.63, 3.8) is 0 Å². The van der Waals surface area contributed by atoms with Gasteiger partial charge in [0.25, 0.3) is 0 Å². The van der Waals surface area contributed by atoms with Crippen LogP contribution in [-0.2, 0) is 0 Å². The average Bonchev–Trinajstić information content (AvgIpc) is 4.00. The van der Waals surface area contributed by atoms with E-state index in [0.29, 0.717) is 0 Å². The summed E-state index contributed by atoms with van der Waals surface area (Å²) < 4.78 is 8.95. The van der Waals surface area contributed by atoms with Crippen LogP contribution in [0.5, 0.6) is 0 Å². The molecule has 252 valence electrons. The van der Waals surface area contributed by atoms with Crippen LogP contribution in [0.4, 0.5) is 0 Å².